The van der Waals surface area contributed by atoms with Gasteiger partial charge >= 0.3 is 9.15 Å². The fraction of sp³-hybridized carbons (Fsp3) is 0.217. The van der Waals surface area contributed by atoms with Crippen LogP contribution in [0.2, 0.25) is 0 Å². The highest BCUT2D eigenvalue weighted by Gasteiger charge is 2.35. The second-order valence-electron chi connectivity index (χ2n) is 6.75. The van der Waals surface area contributed by atoms with Crippen LogP contribution in [0.4, 0.5) is 0 Å². The van der Waals surface area contributed by atoms with Gasteiger partial charge in [-0.25, -0.2) is 0 Å². The van der Waals surface area contributed by atoms with Crippen molar-refractivity contribution in [3.63, 3.8) is 0 Å². The minimum Gasteiger partial charge on any atom is -0.316 e. The van der Waals surface area contributed by atoms with Crippen LogP contribution in [0.15, 0.2) is 91.0 Å². The molecule has 0 saturated carbocycles. The Kier molecular flexibility index (Phi) is 7.50. The number of benzene rings is 3. The van der Waals surface area contributed by atoms with E-state index in [1.807, 2.05) is 18.2 Å². The molecule has 0 aliphatic heterocycles. The minimum atomic E-state index is -3.99. The van der Waals surface area contributed by atoms with E-state index in [0.29, 0.717) is 29.6 Å². The van der Waals surface area contributed by atoms with E-state index in [2.05, 4.69) is 78.1 Å². The summed E-state index contributed by atoms with van der Waals surface area (Å²) in [4.78, 5) is 0. The van der Waals surface area contributed by atoms with Crippen molar-refractivity contribution in [1.29, 1.82) is 0 Å². The van der Waals surface area contributed by atoms with Gasteiger partial charge in [0.2, 0.25) is 0 Å². The van der Waals surface area contributed by atoms with Gasteiger partial charge in [-0.3, -0.25) is 4.55 Å². The van der Waals surface area contributed by atoms with Crippen molar-refractivity contribution in [3.05, 3.63) is 108 Å². The predicted octanol–water partition coefficient (Wildman–Crippen LogP) is 4.54. The molecule has 0 aliphatic carbocycles. The topological polar surface area (TPSA) is 66.4 Å². The molecule has 0 bridgehead atoms. The fourth-order valence-electron chi connectivity index (χ4n) is 3.72. The Bertz CT molecular complexity index is 882. The summed E-state index contributed by atoms with van der Waals surface area (Å²) in [6.07, 6.45) is 0.807. The highest BCUT2D eigenvalue weighted by molar-refractivity contribution is 8.69. The van der Waals surface area contributed by atoms with E-state index in [4.69, 9.17) is 4.55 Å². The highest BCUT2D eigenvalue weighted by Crippen LogP contribution is 2.41. The molecule has 0 aliphatic rings. The van der Waals surface area contributed by atoms with Gasteiger partial charge in [0.15, 0.2) is 0 Å². The molecule has 152 valence electrons. The Labute approximate surface area is 176 Å². The summed E-state index contributed by atoms with van der Waals surface area (Å²) in [5.41, 5.74) is 3.32. The van der Waals surface area contributed by atoms with Crippen molar-refractivity contribution in [2.75, 3.05) is 18.8 Å². The first kappa shape index (κ1) is 21.6. The van der Waals surface area contributed by atoms with Gasteiger partial charge in [0.1, 0.15) is 0 Å². The molecule has 29 heavy (non-hydrogen) atoms. The lowest BCUT2D eigenvalue weighted by atomic mass is 9.67. The Morgan fingerprint density at radius 3 is 1.52 bits per heavy atom. The van der Waals surface area contributed by atoms with E-state index in [1.54, 1.807) is 0 Å². The molecule has 0 unspecified atom stereocenters. The van der Waals surface area contributed by atoms with Crippen molar-refractivity contribution < 1.29 is 13.0 Å². The first-order valence-electron chi connectivity index (χ1n) is 9.51. The average Bonchev–Trinajstić information content (AvgIpc) is 2.75. The van der Waals surface area contributed by atoms with E-state index < -0.39 is 9.15 Å². The summed E-state index contributed by atoms with van der Waals surface area (Å²) < 4.78 is 30.6. The maximum Gasteiger partial charge on any atom is 0.319 e. The number of rotatable bonds is 10. The van der Waals surface area contributed by atoms with Crippen LogP contribution in [0.25, 0.3) is 0 Å². The van der Waals surface area contributed by atoms with Gasteiger partial charge in [0, 0.05) is 17.7 Å². The van der Waals surface area contributed by atoms with Crippen LogP contribution in [-0.4, -0.2) is 31.8 Å². The monoisotopic (exact) mass is 427 g/mol. The molecule has 6 heteroatoms. The third-order valence-corrected chi connectivity index (χ3v) is 7.05. The standard InChI is InChI=1S/C23H25NO3S2/c25-29(26,27)28-19-18-24-17-16-23(20-10-4-1-5-11-20,21-12-6-2-7-13-21)22-14-8-3-9-15-22/h1-15,24H,16-19H2,(H,25,26,27). The summed E-state index contributed by atoms with van der Waals surface area (Å²) in [5, 5.41) is 3.33. The molecule has 0 amide bonds. The van der Waals surface area contributed by atoms with Gasteiger partial charge in [-0.1, -0.05) is 91.0 Å². The predicted molar refractivity (Wildman–Crippen MR) is 121 cm³/mol. The number of nitrogens with one attached hydrogen (secondary N) is 1. The van der Waals surface area contributed by atoms with Gasteiger partial charge in [-0.05, 0) is 40.4 Å². The van der Waals surface area contributed by atoms with Crippen LogP contribution in [-0.2, 0) is 14.6 Å². The first-order chi connectivity index (χ1) is 14.0. The third kappa shape index (κ3) is 5.70. The molecule has 0 radical (unpaired) electrons. The summed E-state index contributed by atoms with van der Waals surface area (Å²) in [6, 6.07) is 31.4. The van der Waals surface area contributed by atoms with Crippen molar-refractivity contribution in [1.82, 2.24) is 5.32 Å². The SMILES string of the molecule is O=S(=O)(O)SCCNCCC(c1ccccc1)(c1ccccc1)c1ccccc1. The van der Waals surface area contributed by atoms with Gasteiger partial charge in [0.25, 0.3) is 0 Å². The lowest BCUT2D eigenvalue weighted by molar-refractivity contribution is 0.502. The van der Waals surface area contributed by atoms with Crippen LogP contribution in [0, 0.1) is 0 Å². The smallest absolute Gasteiger partial charge is 0.316 e. The van der Waals surface area contributed by atoms with Crippen molar-refractivity contribution in [2.45, 2.75) is 11.8 Å². The van der Waals surface area contributed by atoms with Crippen LogP contribution in [0.1, 0.15) is 23.1 Å². The Morgan fingerprint density at radius 1 is 0.724 bits per heavy atom. The summed E-state index contributed by atoms with van der Waals surface area (Å²) in [7, 11) is -3.45. The van der Waals surface area contributed by atoms with E-state index in [0.717, 1.165) is 6.42 Å². The van der Waals surface area contributed by atoms with Crippen LogP contribution >= 0.6 is 10.8 Å². The van der Waals surface area contributed by atoms with Crippen molar-refractivity contribution in [3.8, 4) is 0 Å². The maximum absolute atomic E-state index is 10.9. The van der Waals surface area contributed by atoms with E-state index in [-0.39, 0.29) is 5.41 Å². The maximum atomic E-state index is 10.9. The Balaban J connectivity index is 1.91. The molecule has 0 fully saturated rings. The van der Waals surface area contributed by atoms with Gasteiger partial charge in [-0.15, -0.1) is 0 Å². The number of hydrogen-bond acceptors (Lipinski definition) is 4. The average molecular weight is 428 g/mol. The van der Waals surface area contributed by atoms with Crippen LogP contribution in [0.5, 0.6) is 0 Å². The molecular formula is C23H25NO3S2. The zero-order valence-corrected chi connectivity index (χ0v) is 17.7. The largest absolute Gasteiger partial charge is 0.319 e. The van der Waals surface area contributed by atoms with Gasteiger partial charge in [-0.2, -0.15) is 8.42 Å². The first-order valence-corrected chi connectivity index (χ1v) is 12.5. The fourth-order valence-corrected chi connectivity index (χ4v) is 5.04. The van der Waals surface area contributed by atoms with Crippen LogP contribution < -0.4 is 5.32 Å². The summed E-state index contributed by atoms with van der Waals surface area (Å²) in [5.74, 6) is 0.299. The molecule has 0 saturated heterocycles. The molecule has 0 aromatic heterocycles. The highest BCUT2D eigenvalue weighted by atomic mass is 33.1. The molecule has 3 aromatic rings. The van der Waals surface area contributed by atoms with Crippen molar-refractivity contribution >= 4 is 19.9 Å². The zero-order chi connectivity index (χ0) is 20.6. The molecular weight excluding hydrogens is 402 g/mol. The molecule has 3 aromatic carbocycles. The van der Waals surface area contributed by atoms with E-state index >= 15 is 0 Å². The van der Waals surface area contributed by atoms with E-state index in [9.17, 15) is 8.42 Å². The van der Waals surface area contributed by atoms with Crippen molar-refractivity contribution in [2.24, 2.45) is 0 Å². The lowest BCUT2D eigenvalue weighted by Crippen LogP contribution is -2.34. The van der Waals surface area contributed by atoms with E-state index in [1.165, 1.54) is 16.7 Å². The molecule has 3 rings (SSSR count). The second kappa shape index (κ2) is 10.1. The zero-order valence-electron chi connectivity index (χ0n) is 16.1. The van der Waals surface area contributed by atoms with Crippen LogP contribution in [0.3, 0.4) is 0 Å². The lowest BCUT2D eigenvalue weighted by Gasteiger charge is -2.36. The molecule has 0 atom stereocenters. The van der Waals surface area contributed by atoms with Gasteiger partial charge < -0.3 is 5.32 Å². The summed E-state index contributed by atoms with van der Waals surface area (Å²) >= 11 is 0. The Hall–Kier alpha value is -2.12. The minimum absolute atomic E-state index is 0.299. The quantitative estimate of drug-likeness (QED) is 0.215. The molecule has 2 N–H and O–H groups in total. The Morgan fingerprint density at radius 2 is 1.14 bits per heavy atom. The second-order valence-corrected chi connectivity index (χ2v) is 10.2. The number of hydrogen-bond donors (Lipinski definition) is 2. The molecule has 0 heterocycles. The van der Waals surface area contributed by atoms with Gasteiger partial charge in [0.05, 0.1) is 0 Å². The third-order valence-electron chi connectivity index (χ3n) is 4.99. The normalized spacial score (nSPS) is 12.0. The summed E-state index contributed by atoms with van der Waals surface area (Å²) in [6.45, 7) is 1.20. The molecule has 4 nitrogen and oxygen atoms in total. The molecule has 0 spiro atoms.